The molecule has 5 heteroatoms. The molecule has 4 nitrogen and oxygen atoms in total. The van der Waals surface area contributed by atoms with Crippen LogP contribution in [0, 0.1) is 0 Å². The Morgan fingerprint density at radius 1 is 1.40 bits per heavy atom. The van der Waals surface area contributed by atoms with Gasteiger partial charge in [0.15, 0.2) is 0 Å². The molecule has 1 fully saturated rings. The van der Waals surface area contributed by atoms with Crippen LogP contribution in [0.15, 0.2) is 21.9 Å². The lowest BCUT2D eigenvalue weighted by atomic mass is 10.3. The van der Waals surface area contributed by atoms with Crippen LogP contribution in [0.4, 0.5) is 0 Å². The molecule has 0 atom stereocenters. The summed E-state index contributed by atoms with van der Waals surface area (Å²) in [5.41, 5.74) is 0.492. The maximum atomic E-state index is 11.1. The predicted octanol–water partition coefficient (Wildman–Crippen LogP) is 1.14. The number of aromatic amines is 1. The second kappa shape index (κ2) is 3.38. The van der Waals surface area contributed by atoms with E-state index in [9.17, 15) is 4.79 Å². The van der Waals surface area contributed by atoms with E-state index < -0.39 is 0 Å². The van der Waals surface area contributed by atoms with Gasteiger partial charge in [0, 0.05) is 12.3 Å². The van der Waals surface area contributed by atoms with Crippen molar-refractivity contribution in [2.45, 2.75) is 18.4 Å². The average Bonchev–Trinajstić information content (AvgIpc) is 2.93. The van der Waals surface area contributed by atoms with Gasteiger partial charge < -0.3 is 9.72 Å². The summed E-state index contributed by atoms with van der Waals surface area (Å²) in [6, 6.07) is 3.19. The highest BCUT2D eigenvalue weighted by Gasteiger charge is 2.46. The number of fused-ring (bicyclic) bond motifs is 1. The van der Waals surface area contributed by atoms with Crippen LogP contribution in [-0.2, 0) is 0 Å². The molecule has 15 heavy (non-hydrogen) atoms. The molecule has 80 valence electrons. The number of nitrogens with zero attached hydrogens (tertiary/aromatic N) is 1. The molecule has 1 saturated carbocycles. The zero-order valence-electron chi connectivity index (χ0n) is 8.03. The molecule has 0 unspecified atom stereocenters. The fourth-order valence-electron chi connectivity index (χ4n) is 1.63. The standard InChI is InChI=1S/C10H10N2O2.ClH/c13-9-2-1-8-7(12-9)5-11-6-10(14-8)3-4-10;/h1-2,5H,3-4,6H2,(H,12,13);1H. The van der Waals surface area contributed by atoms with Gasteiger partial charge in [-0.2, -0.15) is 0 Å². The molecule has 0 amide bonds. The van der Waals surface area contributed by atoms with Gasteiger partial charge in [0.2, 0.25) is 5.56 Å². The maximum absolute atomic E-state index is 11.1. The third kappa shape index (κ3) is 1.77. The van der Waals surface area contributed by atoms with Gasteiger partial charge in [-0.25, -0.2) is 0 Å². The molecular formula is C10H11ClN2O2. The van der Waals surface area contributed by atoms with E-state index in [2.05, 4.69) is 9.98 Å². The van der Waals surface area contributed by atoms with E-state index in [1.807, 2.05) is 0 Å². The van der Waals surface area contributed by atoms with E-state index in [0.29, 0.717) is 12.2 Å². The first kappa shape index (κ1) is 10.2. The molecule has 0 aromatic carbocycles. The molecule has 2 aliphatic rings. The van der Waals surface area contributed by atoms with E-state index >= 15 is 0 Å². The van der Waals surface area contributed by atoms with Crippen molar-refractivity contribution < 1.29 is 4.74 Å². The van der Waals surface area contributed by atoms with Crippen molar-refractivity contribution in [3.63, 3.8) is 0 Å². The number of hydrogen-bond acceptors (Lipinski definition) is 3. The van der Waals surface area contributed by atoms with Crippen LogP contribution in [-0.4, -0.2) is 23.3 Å². The van der Waals surface area contributed by atoms with Crippen molar-refractivity contribution in [2.24, 2.45) is 4.99 Å². The van der Waals surface area contributed by atoms with Crippen molar-refractivity contribution in [1.29, 1.82) is 0 Å². The summed E-state index contributed by atoms with van der Waals surface area (Å²) in [6.07, 6.45) is 3.80. The van der Waals surface area contributed by atoms with Crippen LogP contribution in [0.2, 0.25) is 0 Å². The molecule has 2 heterocycles. The predicted molar refractivity (Wildman–Crippen MR) is 59.4 cm³/mol. The molecule has 1 aromatic rings. The van der Waals surface area contributed by atoms with Gasteiger partial charge in [-0.1, -0.05) is 0 Å². The minimum atomic E-state index is -0.120. The third-order valence-electron chi connectivity index (χ3n) is 2.64. The first-order chi connectivity index (χ1) is 6.77. The summed E-state index contributed by atoms with van der Waals surface area (Å²) >= 11 is 0. The van der Waals surface area contributed by atoms with Crippen LogP contribution in [0.1, 0.15) is 18.5 Å². The topological polar surface area (TPSA) is 54.5 Å². The Kier molecular flexibility index (Phi) is 2.31. The number of rotatable bonds is 0. The molecule has 0 bridgehead atoms. The van der Waals surface area contributed by atoms with Crippen molar-refractivity contribution >= 4 is 18.6 Å². The average molecular weight is 227 g/mol. The number of halogens is 1. The Balaban J connectivity index is 0.000000853. The van der Waals surface area contributed by atoms with Gasteiger partial charge in [0.25, 0.3) is 0 Å². The van der Waals surface area contributed by atoms with Crippen LogP contribution < -0.4 is 10.3 Å². The van der Waals surface area contributed by atoms with E-state index in [1.54, 1.807) is 12.3 Å². The van der Waals surface area contributed by atoms with Crippen LogP contribution >= 0.6 is 12.4 Å². The summed E-state index contributed by atoms with van der Waals surface area (Å²) in [5, 5.41) is 0. The van der Waals surface area contributed by atoms with Gasteiger partial charge in [-0.3, -0.25) is 9.79 Å². The lowest BCUT2D eigenvalue weighted by molar-refractivity contribution is 0.189. The quantitative estimate of drug-likeness (QED) is 0.721. The van der Waals surface area contributed by atoms with Crippen molar-refractivity contribution in [2.75, 3.05) is 6.54 Å². The van der Waals surface area contributed by atoms with Crippen LogP contribution in [0.5, 0.6) is 5.75 Å². The minimum Gasteiger partial charge on any atom is -0.483 e. The van der Waals surface area contributed by atoms with Gasteiger partial charge in [-0.05, 0) is 18.9 Å². The summed E-state index contributed by atoms with van der Waals surface area (Å²) in [6.45, 7) is 0.698. The minimum absolute atomic E-state index is 0. The number of H-pyrrole nitrogens is 1. The van der Waals surface area contributed by atoms with E-state index in [0.717, 1.165) is 18.6 Å². The van der Waals surface area contributed by atoms with E-state index in [1.165, 1.54) is 6.07 Å². The number of ether oxygens (including phenoxy) is 1. The van der Waals surface area contributed by atoms with Gasteiger partial charge >= 0.3 is 0 Å². The molecule has 1 N–H and O–H groups in total. The molecule has 0 radical (unpaired) electrons. The molecule has 0 saturated heterocycles. The summed E-state index contributed by atoms with van der Waals surface area (Å²) in [5.74, 6) is 0.739. The van der Waals surface area contributed by atoms with Gasteiger partial charge in [0.1, 0.15) is 17.0 Å². The monoisotopic (exact) mass is 226 g/mol. The normalized spacial score (nSPS) is 19.7. The number of aliphatic imine (C=N–C) groups is 1. The van der Waals surface area contributed by atoms with E-state index in [4.69, 9.17) is 4.74 Å². The number of pyridine rings is 1. The fraction of sp³-hybridized carbons (Fsp3) is 0.400. The lowest BCUT2D eigenvalue weighted by Gasteiger charge is -2.14. The summed E-state index contributed by atoms with van der Waals surface area (Å²) < 4.78 is 5.82. The first-order valence-electron chi connectivity index (χ1n) is 4.70. The highest BCUT2D eigenvalue weighted by atomic mass is 35.5. The Bertz CT molecular complexity index is 463. The number of nitrogens with one attached hydrogen (secondary N) is 1. The number of hydrogen-bond donors (Lipinski definition) is 1. The second-order valence-electron chi connectivity index (χ2n) is 3.86. The fourth-order valence-corrected chi connectivity index (χ4v) is 1.63. The highest BCUT2D eigenvalue weighted by Crippen LogP contribution is 2.41. The number of aromatic nitrogens is 1. The Morgan fingerprint density at radius 2 is 2.20 bits per heavy atom. The van der Waals surface area contributed by atoms with Crippen molar-refractivity contribution in [3.05, 3.63) is 28.2 Å². The molecule has 3 rings (SSSR count). The zero-order chi connectivity index (χ0) is 9.60. The maximum Gasteiger partial charge on any atom is 0.248 e. The lowest BCUT2D eigenvalue weighted by Crippen LogP contribution is -2.21. The molecule has 1 aliphatic carbocycles. The van der Waals surface area contributed by atoms with Crippen molar-refractivity contribution in [1.82, 2.24) is 4.98 Å². The summed E-state index contributed by atoms with van der Waals surface area (Å²) in [7, 11) is 0. The second-order valence-corrected chi connectivity index (χ2v) is 3.86. The molecule has 1 aliphatic heterocycles. The Hall–Kier alpha value is -1.29. The SMILES string of the molecule is Cl.O=c1ccc2c([nH]1)C=NCC1(CC1)O2. The highest BCUT2D eigenvalue weighted by molar-refractivity contribution is 5.85. The van der Waals surface area contributed by atoms with Crippen LogP contribution in [0.3, 0.4) is 0 Å². The Morgan fingerprint density at radius 3 is 2.93 bits per heavy atom. The van der Waals surface area contributed by atoms with Crippen molar-refractivity contribution in [3.8, 4) is 5.75 Å². The molecule has 1 aromatic heterocycles. The molecule has 1 spiro atoms. The van der Waals surface area contributed by atoms with Gasteiger partial charge in [0.05, 0.1) is 6.54 Å². The van der Waals surface area contributed by atoms with Crippen LogP contribution in [0.25, 0.3) is 0 Å². The van der Waals surface area contributed by atoms with E-state index in [-0.39, 0.29) is 23.6 Å². The first-order valence-corrected chi connectivity index (χ1v) is 4.70. The summed E-state index contributed by atoms with van der Waals surface area (Å²) in [4.78, 5) is 18.0. The Labute approximate surface area is 92.8 Å². The van der Waals surface area contributed by atoms with Gasteiger partial charge in [-0.15, -0.1) is 12.4 Å². The zero-order valence-corrected chi connectivity index (χ0v) is 8.84. The smallest absolute Gasteiger partial charge is 0.248 e. The molecular weight excluding hydrogens is 216 g/mol. The largest absolute Gasteiger partial charge is 0.483 e. The third-order valence-corrected chi connectivity index (χ3v) is 2.64.